The lowest BCUT2D eigenvalue weighted by atomic mass is 9.97. The maximum atomic E-state index is 14.6. The first-order valence-corrected chi connectivity index (χ1v) is 12.3. The van der Waals surface area contributed by atoms with E-state index in [2.05, 4.69) is 20.3 Å². The van der Waals surface area contributed by atoms with Gasteiger partial charge in [-0.05, 0) is 25.8 Å². The van der Waals surface area contributed by atoms with Crippen LogP contribution in [0.15, 0.2) is 30.6 Å². The molecule has 0 bridgehead atoms. The predicted octanol–water partition coefficient (Wildman–Crippen LogP) is 4.58. The summed E-state index contributed by atoms with van der Waals surface area (Å²) in [6.45, 7) is 1.65. The summed E-state index contributed by atoms with van der Waals surface area (Å²) in [5.41, 5.74) is 0.509. The van der Waals surface area contributed by atoms with E-state index in [-0.39, 0.29) is 28.9 Å². The molecule has 1 aliphatic rings. The highest BCUT2D eigenvalue weighted by molar-refractivity contribution is 7.91. The Hall–Kier alpha value is -2.95. The van der Waals surface area contributed by atoms with Crippen molar-refractivity contribution >= 4 is 26.6 Å². The van der Waals surface area contributed by atoms with Crippen LogP contribution in [0.2, 0.25) is 0 Å². The van der Waals surface area contributed by atoms with Crippen LogP contribution >= 0.6 is 0 Å². The van der Waals surface area contributed by atoms with Crippen LogP contribution in [0.3, 0.4) is 0 Å². The topological polar surface area (TPSA) is 94.1 Å². The molecule has 1 saturated heterocycles. The van der Waals surface area contributed by atoms with Gasteiger partial charge >= 0.3 is 0 Å². The fourth-order valence-electron chi connectivity index (χ4n) is 4.06. The van der Waals surface area contributed by atoms with Crippen LogP contribution in [0, 0.1) is 5.82 Å². The van der Waals surface area contributed by atoms with Gasteiger partial charge in [-0.2, -0.15) is 0 Å². The molecular formula is C22H23F3N4O3S. The Labute approximate surface area is 189 Å². The van der Waals surface area contributed by atoms with Crippen molar-refractivity contribution in [2.45, 2.75) is 38.2 Å². The number of hydrogen-bond donors (Lipinski definition) is 1. The molecule has 176 valence electrons. The molecule has 3 heterocycles. The number of nitrogens with one attached hydrogen (secondary N) is 1. The van der Waals surface area contributed by atoms with E-state index in [1.807, 2.05) is 0 Å². The fourth-order valence-corrected chi connectivity index (χ4v) is 5.55. The van der Waals surface area contributed by atoms with Crippen molar-refractivity contribution in [2.24, 2.45) is 0 Å². The number of fused-ring (bicyclic) bond motifs is 1. The Morgan fingerprint density at radius 1 is 1.15 bits per heavy atom. The zero-order valence-corrected chi connectivity index (χ0v) is 18.9. The van der Waals surface area contributed by atoms with E-state index in [0.717, 1.165) is 6.07 Å². The number of benzene rings is 1. The summed E-state index contributed by atoms with van der Waals surface area (Å²) >= 11 is 0. The van der Waals surface area contributed by atoms with Gasteiger partial charge in [0.2, 0.25) is 5.88 Å². The van der Waals surface area contributed by atoms with Crippen molar-refractivity contribution in [1.82, 2.24) is 15.0 Å². The van der Waals surface area contributed by atoms with Crippen LogP contribution in [-0.2, 0) is 9.84 Å². The maximum absolute atomic E-state index is 14.6. The summed E-state index contributed by atoms with van der Waals surface area (Å²) in [4.78, 5) is 13.1. The SMILES string of the molecule is COc1nc(C2CCS(=O)(=O)CC2)cc2c(N[C@H](C)c3cccc(C(F)F)c3F)ncnc12. The molecule has 1 N–H and O–H groups in total. The summed E-state index contributed by atoms with van der Waals surface area (Å²) in [5, 5.41) is 3.65. The molecule has 0 saturated carbocycles. The molecule has 1 atom stereocenters. The van der Waals surface area contributed by atoms with Gasteiger partial charge in [-0.15, -0.1) is 0 Å². The first kappa shape index (κ1) is 23.2. The molecule has 33 heavy (non-hydrogen) atoms. The Balaban J connectivity index is 1.72. The van der Waals surface area contributed by atoms with Gasteiger partial charge in [0.05, 0.1) is 35.6 Å². The number of hydrogen-bond acceptors (Lipinski definition) is 7. The number of halogens is 3. The number of pyridine rings is 1. The largest absolute Gasteiger partial charge is 0.479 e. The van der Waals surface area contributed by atoms with Crippen molar-refractivity contribution in [3.63, 3.8) is 0 Å². The lowest BCUT2D eigenvalue weighted by Crippen LogP contribution is -2.22. The molecule has 1 fully saturated rings. The summed E-state index contributed by atoms with van der Waals surface area (Å²) in [6, 6.07) is 4.99. The minimum Gasteiger partial charge on any atom is -0.479 e. The van der Waals surface area contributed by atoms with E-state index in [0.29, 0.717) is 35.3 Å². The number of aromatic nitrogens is 3. The van der Waals surface area contributed by atoms with Crippen molar-refractivity contribution in [3.05, 3.63) is 53.2 Å². The van der Waals surface area contributed by atoms with E-state index in [1.165, 1.54) is 25.6 Å². The Kier molecular flexibility index (Phi) is 6.42. The van der Waals surface area contributed by atoms with E-state index < -0.39 is 33.7 Å². The van der Waals surface area contributed by atoms with E-state index >= 15 is 0 Å². The quantitative estimate of drug-likeness (QED) is 0.552. The Bertz CT molecular complexity index is 1270. The average Bonchev–Trinajstić information content (AvgIpc) is 2.78. The smallest absolute Gasteiger partial charge is 0.266 e. The summed E-state index contributed by atoms with van der Waals surface area (Å²) in [5.74, 6) is -0.230. The zero-order valence-electron chi connectivity index (χ0n) is 18.1. The number of sulfone groups is 1. The molecule has 4 rings (SSSR count). The monoisotopic (exact) mass is 480 g/mol. The van der Waals surface area contributed by atoms with Crippen LogP contribution in [0.25, 0.3) is 10.9 Å². The zero-order chi connectivity index (χ0) is 23.8. The molecular weight excluding hydrogens is 457 g/mol. The second kappa shape index (κ2) is 9.12. The Morgan fingerprint density at radius 3 is 2.52 bits per heavy atom. The predicted molar refractivity (Wildman–Crippen MR) is 118 cm³/mol. The number of methoxy groups -OCH3 is 1. The van der Waals surface area contributed by atoms with Crippen molar-refractivity contribution in [3.8, 4) is 5.88 Å². The van der Waals surface area contributed by atoms with Crippen molar-refractivity contribution in [1.29, 1.82) is 0 Å². The average molecular weight is 481 g/mol. The number of rotatable bonds is 6. The molecule has 0 spiro atoms. The third-order valence-electron chi connectivity index (χ3n) is 5.89. The molecule has 3 aromatic rings. The second-order valence-corrected chi connectivity index (χ2v) is 10.3. The van der Waals surface area contributed by atoms with Crippen molar-refractivity contribution < 1.29 is 26.3 Å². The molecule has 7 nitrogen and oxygen atoms in total. The summed E-state index contributed by atoms with van der Waals surface area (Å²) < 4.78 is 69.9. The van der Waals surface area contributed by atoms with Crippen LogP contribution in [0.5, 0.6) is 5.88 Å². The van der Waals surface area contributed by atoms with Crippen LogP contribution in [0.1, 0.15) is 55.0 Å². The first-order valence-electron chi connectivity index (χ1n) is 10.4. The number of nitrogens with zero attached hydrogens (tertiary/aromatic N) is 3. The van der Waals surface area contributed by atoms with Gasteiger partial charge in [-0.3, -0.25) is 0 Å². The third kappa shape index (κ3) is 4.73. The number of anilines is 1. The Morgan fingerprint density at radius 2 is 1.85 bits per heavy atom. The van der Waals surface area contributed by atoms with E-state index in [1.54, 1.807) is 13.0 Å². The molecule has 0 unspecified atom stereocenters. The molecule has 1 aromatic carbocycles. The number of alkyl halides is 2. The highest BCUT2D eigenvalue weighted by Crippen LogP contribution is 2.35. The van der Waals surface area contributed by atoms with Gasteiger partial charge < -0.3 is 10.1 Å². The molecule has 2 aromatic heterocycles. The minimum atomic E-state index is -3.04. The molecule has 11 heteroatoms. The van der Waals surface area contributed by atoms with Gasteiger partial charge in [0.25, 0.3) is 6.43 Å². The van der Waals surface area contributed by atoms with Gasteiger partial charge in [0, 0.05) is 17.2 Å². The van der Waals surface area contributed by atoms with E-state index in [9.17, 15) is 21.6 Å². The number of ether oxygens (including phenoxy) is 1. The highest BCUT2D eigenvalue weighted by atomic mass is 32.2. The molecule has 0 amide bonds. The lowest BCUT2D eigenvalue weighted by Gasteiger charge is -2.23. The third-order valence-corrected chi connectivity index (χ3v) is 7.60. The standard InChI is InChI=1S/C22H23F3N4O3S/c1-12(14-4-3-5-15(18(14)23)20(24)25)28-21-16-10-17(13-6-8-33(30,31)9-7-13)29-22(32-2)19(16)26-11-27-21/h3-5,10-13,20H,6-9H2,1-2H3,(H,26,27,28)/t12-/m1/s1. The van der Waals surface area contributed by atoms with Crippen LogP contribution < -0.4 is 10.1 Å². The van der Waals surface area contributed by atoms with Gasteiger partial charge in [-0.25, -0.2) is 36.5 Å². The summed E-state index contributed by atoms with van der Waals surface area (Å²) in [6.07, 6.45) is -0.722. The van der Waals surface area contributed by atoms with Crippen molar-refractivity contribution in [2.75, 3.05) is 23.9 Å². The minimum absolute atomic E-state index is 0.0718. The summed E-state index contributed by atoms with van der Waals surface area (Å²) in [7, 11) is -1.58. The van der Waals surface area contributed by atoms with Crippen LogP contribution in [0.4, 0.5) is 19.0 Å². The normalized spacial score (nSPS) is 17.3. The van der Waals surface area contributed by atoms with Gasteiger partial charge in [0.1, 0.15) is 33.3 Å². The van der Waals surface area contributed by atoms with Crippen LogP contribution in [-0.4, -0.2) is 42.0 Å². The fraction of sp³-hybridized carbons (Fsp3) is 0.409. The molecule has 0 aliphatic carbocycles. The first-order chi connectivity index (χ1) is 15.7. The van der Waals surface area contributed by atoms with E-state index in [4.69, 9.17) is 4.74 Å². The molecule has 1 aliphatic heterocycles. The van der Waals surface area contributed by atoms with Gasteiger partial charge in [-0.1, -0.05) is 18.2 Å². The molecule has 0 radical (unpaired) electrons. The van der Waals surface area contributed by atoms with Gasteiger partial charge in [0.15, 0.2) is 0 Å². The second-order valence-electron chi connectivity index (χ2n) is 8.02. The lowest BCUT2D eigenvalue weighted by molar-refractivity contribution is 0.146. The maximum Gasteiger partial charge on any atom is 0.266 e. The highest BCUT2D eigenvalue weighted by Gasteiger charge is 2.27.